The lowest BCUT2D eigenvalue weighted by molar-refractivity contribution is -0.137. The van der Waals surface area contributed by atoms with Crippen molar-refractivity contribution in [1.82, 2.24) is 20.1 Å². The first-order valence-electron chi connectivity index (χ1n) is 15.2. The summed E-state index contributed by atoms with van der Waals surface area (Å²) in [6.45, 7) is 1.46. The second-order valence-electron chi connectivity index (χ2n) is 11.6. The van der Waals surface area contributed by atoms with E-state index in [1.807, 2.05) is 4.90 Å². The highest BCUT2D eigenvalue weighted by Crippen LogP contribution is 2.37. The van der Waals surface area contributed by atoms with Crippen LogP contribution in [0.15, 0.2) is 64.2 Å². The summed E-state index contributed by atoms with van der Waals surface area (Å²) in [7, 11) is -3.73. The number of aliphatic imine (C=N–C) groups is 1. The van der Waals surface area contributed by atoms with Crippen LogP contribution in [0.1, 0.15) is 28.6 Å². The van der Waals surface area contributed by atoms with Crippen LogP contribution in [0.2, 0.25) is 5.02 Å². The number of nitrogens with one attached hydrogen (secondary N) is 1. The number of anilines is 1. The van der Waals surface area contributed by atoms with Crippen LogP contribution in [0.3, 0.4) is 0 Å². The predicted molar refractivity (Wildman–Crippen MR) is 178 cm³/mol. The zero-order valence-electron chi connectivity index (χ0n) is 26.3. The van der Waals surface area contributed by atoms with Gasteiger partial charge in [0, 0.05) is 55.7 Å². The number of fused-ring (bicyclic) bond motifs is 1. The van der Waals surface area contributed by atoms with E-state index in [1.165, 1.54) is 47.6 Å². The number of amides is 2. The molecule has 4 heterocycles. The number of nitrogens with zero attached hydrogens (tertiary/aromatic N) is 5. The van der Waals surface area contributed by atoms with Crippen molar-refractivity contribution in [2.45, 2.75) is 24.9 Å². The maximum atomic E-state index is 15.3. The van der Waals surface area contributed by atoms with Gasteiger partial charge < -0.3 is 19.5 Å². The number of carbonyl (C=O) groups excluding carboxylic acids is 3. The fraction of sp³-hybridized carbons (Fsp3) is 0.323. The summed E-state index contributed by atoms with van der Waals surface area (Å²) in [5.74, 6) is -2.63. The van der Waals surface area contributed by atoms with E-state index in [1.54, 1.807) is 16.5 Å². The number of rotatable bonds is 10. The van der Waals surface area contributed by atoms with E-state index in [9.17, 15) is 23.3 Å². The molecule has 14 nitrogen and oxygen atoms in total. The van der Waals surface area contributed by atoms with Gasteiger partial charge in [0.15, 0.2) is 10.8 Å². The molecule has 3 N–H and O–H groups in total. The number of halogens is 3. The van der Waals surface area contributed by atoms with Crippen LogP contribution in [0.4, 0.5) is 19.3 Å². The third-order valence-electron chi connectivity index (χ3n) is 8.39. The number of piperazine rings is 1. The molecule has 0 unspecified atom stereocenters. The van der Waals surface area contributed by atoms with Crippen molar-refractivity contribution >= 4 is 60.3 Å². The Morgan fingerprint density at radius 1 is 1.16 bits per heavy atom. The highest BCUT2D eigenvalue weighted by Gasteiger charge is 2.43. The summed E-state index contributed by atoms with van der Waals surface area (Å²) in [4.78, 5) is 70.1. The molecule has 6 rings (SSSR count). The molecule has 3 aromatic rings. The number of urea groups is 1. The predicted octanol–water partition coefficient (Wildman–Crippen LogP) is 3.79. The monoisotopic (exact) mass is 750 g/mol. The Balaban J connectivity index is 1.21. The first kappa shape index (κ1) is 35.6. The van der Waals surface area contributed by atoms with Crippen LogP contribution in [0, 0.1) is 11.6 Å². The molecule has 2 atom stereocenters. The number of ether oxygens (including phenoxy) is 1. The number of phosphoric ester groups is 1. The number of thiazole rings is 1. The minimum atomic E-state index is -4.98. The number of aromatic nitrogens is 1. The van der Waals surface area contributed by atoms with Gasteiger partial charge in [0.2, 0.25) is 0 Å². The number of phosphoric acid groups is 1. The SMILES string of the molecule is COC(=O)C1=C(CN2CCN3C(=O)N(c4ccc(CCC(=O)OP(=O)(O)O)cc4F)C[C@@H]3C2)N=C(c2nccs2)N[C@H]1c1ccc(F)cc1Cl. The van der Waals surface area contributed by atoms with Gasteiger partial charge in [-0.1, -0.05) is 23.7 Å². The van der Waals surface area contributed by atoms with E-state index < -0.39 is 37.4 Å². The highest BCUT2D eigenvalue weighted by molar-refractivity contribution is 7.46. The molecule has 2 aromatic carbocycles. The third-order valence-corrected chi connectivity index (χ3v) is 9.94. The average molecular weight is 751 g/mol. The van der Waals surface area contributed by atoms with Crippen molar-refractivity contribution in [2.24, 2.45) is 4.99 Å². The van der Waals surface area contributed by atoms with Crippen LogP contribution in [-0.4, -0.2) is 94.3 Å². The lowest BCUT2D eigenvalue weighted by Crippen LogP contribution is -2.52. The van der Waals surface area contributed by atoms with Crippen molar-refractivity contribution in [1.29, 1.82) is 0 Å². The lowest BCUT2D eigenvalue weighted by atomic mass is 9.94. The topological polar surface area (TPSA) is 174 Å². The second kappa shape index (κ2) is 14.5. The van der Waals surface area contributed by atoms with Gasteiger partial charge in [-0.05, 0) is 41.8 Å². The van der Waals surface area contributed by atoms with Gasteiger partial charge in [0.05, 0.1) is 36.2 Å². The Bertz CT molecular complexity index is 1940. The molecule has 19 heteroatoms. The standard InChI is InChI=1S/C31H30ClF2N6O8PS/c1-47-30(42)26-23(36-28(29-35-8-11-50-29)37-27(26)20-5-4-18(33)13-21(20)32)16-38-9-10-39-19(14-38)15-40(31(39)43)24-6-2-17(12-22(24)34)3-7-25(41)48-49(44,45)46/h2,4-6,8,11-13,19,27H,3,7,9-10,14-16H2,1H3,(H,36,37)(H2,44,45,46)/t19-,27-/m0/s1. The van der Waals surface area contributed by atoms with Crippen molar-refractivity contribution in [3.63, 3.8) is 0 Å². The van der Waals surface area contributed by atoms with E-state index in [-0.39, 0.29) is 54.3 Å². The fourth-order valence-electron chi connectivity index (χ4n) is 6.17. The van der Waals surface area contributed by atoms with Gasteiger partial charge in [-0.2, -0.15) is 0 Å². The summed E-state index contributed by atoms with van der Waals surface area (Å²) >= 11 is 7.80. The molecule has 0 bridgehead atoms. The molecular weight excluding hydrogens is 721 g/mol. The second-order valence-corrected chi connectivity index (χ2v) is 14.1. The van der Waals surface area contributed by atoms with Crippen LogP contribution < -0.4 is 10.2 Å². The number of hydrogen-bond donors (Lipinski definition) is 3. The number of amidine groups is 1. The van der Waals surface area contributed by atoms with E-state index in [0.29, 0.717) is 47.3 Å². The number of esters is 1. The highest BCUT2D eigenvalue weighted by atomic mass is 35.5. The quantitative estimate of drug-likeness (QED) is 0.203. The van der Waals surface area contributed by atoms with Crippen molar-refractivity contribution < 1.29 is 46.8 Å². The van der Waals surface area contributed by atoms with Gasteiger partial charge in [-0.15, -0.1) is 11.3 Å². The molecular formula is C31H30ClF2N6O8PS. The molecule has 3 aliphatic heterocycles. The van der Waals surface area contributed by atoms with E-state index in [0.717, 1.165) is 12.1 Å². The van der Waals surface area contributed by atoms with Gasteiger partial charge in [0.1, 0.15) is 11.6 Å². The Labute approximate surface area is 293 Å². The smallest absolute Gasteiger partial charge is 0.466 e. The fourth-order valence-corrected chi connectivity index (χ4v) is 7.39. The van der Waals surface area contributed by atoms with Gasteiger partial charge in [0.25, 0.3) is 0 Å². The van der Waals surface area contributed by atoms with Crippen LogP contribution in [0.5, 0.6) is 0 Å². The molecule has 2 fully saturated rings. The summed E-state index contributed by atoms with van der Waals surface area (Å²) in [6, 6.07) is 6.47. The lowest BCUT2D eigenvalue weighted by Gasteiger charge is -2.37. The molecule has 0 spiro atoms. The number of methoxy groups -OCH3 is 1. The maximum Gasteiger partial charge on any atom is 0.526 e. The molecule has 1 aromatic heterocycles. The van der Waals surface area contributed by atoms with E-state index >= 15 is 4.39 Å². The van der Waals surface area contributed by atoms with E-state index in [2.05, 4.69) is 14.8 Å². The molecule has 0 radical (unpaired) electrons. The number of hydrogen-bond acceptors (Lipinski definition) is 11. The Kier molecular flexibility index (Phi) is 10.3. The van der Waals surface area contributed by atoms with Crippen molar-refractivity contribution in [3.8, 4) is 0 Å². The van der Waals surface area contributed by atoms with Gasteiger partial charge in [-0.3, -0.25) is 24.4 Å². The van der Waals surface area contributed by atoms with Gasteiger partial charge >= 0.3 is 25.8 Å². The molecule has 3 aliphatic rings. The molecule has 0 saturated carbocycles. The number of carbonyl (C=O) groups is 3. The maximum absolute atomic E-state index is 15.3. The minimum absolute atomic E-state index is 0.0341. The van der Waals surface area contributed by atoms with Crippen molar-refractivity contribution in [3.05, 3.63) is 92.0 Å². The first-order chi connectivity index (χ1) is 23.8. The number of benzene rings is 2. The minimum Gasteiger partial charge on any atom is -0.466 e. The molecule has 50 heavy (non-hydrogen) atoms. The van der Waals surface area contributed by atoms with Gasteiger partial charge in [-0.25, -0.2) is 32.9 Å². The number of aryl methyl sites for hydroxylation is 1. The third kappa shape index (κ3) is 7.72. The summed E-state index contributed by atoms with van der Waals surface area (Å²) in [6.07, 6.45) is 1.21. The van der Waals surface area contributed by atoms with E-state index in [4.69, 9.17) is 31.1 Å². The molecule has 2 amide bonds. The Morgan fingerprint density at radius 2 is 1.96 bits per heavy atom. The van der Waals surface area contributed by atoms with Crippen molar-refractivity contribution in [2.75, 3.05) is 44.7 Å². The Morgan fingerprint density at radius 3 is 2.64 bits per heavy atom. The zero-order chi connectivity index (χ0) is 35.7. The largest absolute Gasteiger partial charge is 0.526 e. The average Bonchev–Trinajstić information content (AvgIpc) is 3.71. The summed E-state index contributed by atoms with van der Waals surface area (Å²) in [5, 5.41) is 5.67. The first-order valence-corrected chi connectivity index (χ1v) is 18.0. The summed E-state index contributed by atoms with van der Waals surface area (Å²) in [5.41, 5.74) is 1.42. The summed E-state index contributed by atoms with van der Waals surface area (Å²) < 4.78 is 49.3. The van der Waals surface area contributed by atoms with Crippen LogP contribution in [-0.2, 0) is 29.8 Å². The Hall–Kier alpha value is -4.25. The zero-order valence-corrected chi connectivity index (χ0v) is 28.8. The molecule has 0 aliphatic carbocycles. The van der Waals surface area contributed by atoms with Crippen LogP contribution in [0.25, 0.3) is 0 Å². The van der Waals surface area contributed by atoms with Crippen LogP contribution >= 0.6 is 30.8 Å². The molecule has 264 valence electrons. The molecule has 2 saturated heterocycles. The normalized spacial score (nSPS) is 19.6.